The third-order valence-electron chi connectivity index (χ3n) is 4.06. The number of rotatable bonds is 4. The first-order valence-corrected chi connectivity index (χ1v) is 8.06. The van der Waals surface area contributed by atoms with E-state index in [-0.39, 0.29) is 24.1 Å². The Morgan fingerprint density at radius 3 is 2.42 bits per heavy atom. The quantitative estimate of drug-likeness (QED) is 0.934. The fraction of sp³-hybridized carbons (Fsp3) is 0.263. The van der Waals surface area contributed by atoms with Crippen molar-refractivity contribution in [3.05, 3.63) is 59.9 Å². The Balaban J connectivity index is 1.60. The molecule has 1 saturated heterocycles. The lowest BCUT2D eigenvalue weighted by atomic mass is 10.1. The minimum Gasteiger partial charge on any atom is -0.326 e. The van der Waals surface area contributed by atoms with Crippen LogP contribution in [-0.2, 0) is 16.0 Å². The first-order valence-electron chi connectivity index (χ1n) is 8.06. The molecular weight excluding hydrogens is 307 g/mol. The van der Waals surface area contributed by atoms with E-state index in [4.69, 9.17) is 0 Å². The molecule has 0 unspecified atom stereocenters. The van der Waals surface area contributed by atoms with Gasteiger partial charge in [0, 0.05) is 24.3 Å². The first-order chi connectivity index (χ1) is 11.6. The van der Waals surface area contributed by atoms with Gasteiger partial charge in [-0.05, 0) is 54.8 Å². The molecule has 4 nitrogen and oxygen atoms in total. The second-order valence-corrected chi connectivity index (χ2v) is 5.90. The summed E-state index contributed by atoms with van der Waals surface area (Å²) < 4.78 is 12.9. The van der Waals surface area contributed by atoms with Crippen LogP contribution in [0.3, 0.4) is 0 Å². The predicted molar refractivity (Wildman–Crippen MR) is 91.4 cm³/mol. The van der Waals surface area contributed by atoms with Gasteiger partial charge in [-0.3, -0.25) is 9.59 Å². The maximum atomic E-state index is 12.9. The van der Waals surface area contributed by atoms with Gasteiger partial charge in [0.25, 0.3) is 0 Å². The summed E-state index contributed by atoms with van der Waals surface area (Å²) >= 11 is 0. The SMILES string of the molecule is O=C(Cc1ccc(F)cc1)Nc1ccc(N2CCCCC2=O)cc1. The van der Waals surface area contributed by atoms with Crippen LogP contribution >= 0.6 is 0 Å². The zero-order valence-corrected chi connectivity index (χ0v) is 13.3. The lowest BCUT2D eigenvalue weighted by molar-refractivity contribution is -0.119. The lowest BCUT2D eigenvalue weighted by Gasteiger charge is -2.26. The average molecular weight is 326 g/mol. The molecule has 0 bridgehead atoms. The minimum atomic E-state index is -0.318. The molecule has 1 N–H and O–H groups in total. The molecule has 1 fully saturated rings. The van der Waals surface area contributed by atoms with Crippen LogP contribution in [0.4, 0.5) is 15.8 Å². The molecule has 124 valence electrons. The molecule has 24 heavy (non-hydrogen) atoms. The third kappa shape index (κ3) is 3.98. The number of halogens is 1. The summed E-state index contributed by atoms with van der Waals surface area (Å²) in [6.07, 6.45) is 2.75. The van der Waals surface area contributed by atoms with Crippen LogP contribution in [0.2, 0.25) is 0 Å². The molecule has 1 aliphatic rings. The Morgan fingerprint density at radius 2 is 1.75 bits per heavy atom. The van der Waals surface area contributed by atoms with Gasteiger partial charge in [0.2, 0.25) is 11.8 Å². The number of piperidine rings is 1. The Labute approximate surface area is 140 Å². The van der Waals surface area contributed by atoms with E-state index in [0.29, 0.717) is 12.1 Å². The zero-order valence-electron chi connectivity index (χ0n) is 13.3. The number of anilines is 2. The molecular formula is C19H19FN2O2. The van der Waals surface area contributed by atoms with E-state index in [9.17, 15) is 14.0 Å². The highest BCUT2D eigenvalue weighted by Gasteiger charge is 2.19. The maximum absolute atomic E-state index is 12.9. The van der Waals surface area contributed by atoms with Gasteiger partial charge in [-0.1, -0.05) is 12.1 Å². The number of amides is 2. The zero-order chi connectivity index (χ0) is 16.9. The van der Waals surface area contributed by atoms with Crippen LogP contribution in [0.1, 0.15) is 24.8 Å². The Morgan fingerprint density at radius 1 is 1.04 bits per heavy atom. The summed E-state index contributed by atoms with van der Waals surface area (Å²) in [5, 5.41) is 2.81. The summed E-state index contributed by atoms with van der Waals surface area (Å²) in [6.45, 7) is 0.745. The normalized spacial score (nSPS) is 14.5. The van der Waals surface area contributed by atoms with E-state index < -0.39 is 0 Å². The van der Waals surface area contributed by atoms with Crippen LogP contribution in [0.15, 0.2) is 48.5 Å². The number of carbonyl (C=O) groups excluding carboxylic acids is 2. The highest BCUT2D eigenvalue weighted by molar-refractivity contribution is 5.95. The predicted octanol–water partition coefficient (Wildman–Crippen LogP) is 3.52. The molecule has 3 rings (SSSR count). The van der Waals surface area contributed by atoms with Crippen LogP contribution in [0, 0.1) is 5.82 Å². The molecule has 2 aromatic rings. The molecule has 5 heteroatoms. The van der Waals surface area contributed by atoms with E-state index in [1.54, 1.807) is 29.2 Å². The third-order valence-corrected chi connectivity index (χ3v) is 4.06. The van der Waals surface area contributed by atoms with Crippen molar-refractivity contribution in [3.8, 4) is 0 Å². The van der Waals surface area contributed by atoms with E-state index >= 15 is 0 Å². The molecule has 0 saturated carbocycles. The van der Waals surface area contributed by atoms with Crippen molar-refractivity contribution in [2.45, 2.75) is 25.7 Å². The molecule has 1 heterocycles. The smallest absolute Gasteiger partial charge is 0.228 e. The number of hydrogen-bond donors (Lipinski definition) is 1. The number of benzene rings is 2. The van der Waals surface area contributed by atoms with Gasteiger partial charge in [-0.15, -0.1) is 0 Å². The van der Waals surface area contributed by atoms with Crippen molar-refractivity contribution in [3.63, 3.8) is 0 Å². The Bertz CT molecular complexity index is 726. The van der Waals surface area contributed by atoms with Crippen molar-refractivity contribution in [2.75, 3.05) is 16.8 Å². The number of carbonyl (C=O) groups is 2. The molecule has 0 spiro atoms. The number of nitrogens with one attached hydrogen (secondary N) is 1. The van der Waals surface area contributed by atoms with Gasteiger partial charge in [0.1, 0.15) is 5.82 Å². The van der Waals surface area contributed by atoms with Gasteiger partial charge >= 0.3 is 0 Å². The van der Waals surface area contributed by atoms with Crippen LogP contribution in [0.5, 0.6) is 0 Å². The summed E-state index contributed by atoms with van der Waals surface area (Å²) in [7, 11) is 0. The lowest BCUT2D eigenvalue weighted by Crippen LogP contribution is -2.35. The largest absolute Gasteiger partial charge is 0.326 e. The van der Waals surface area contributed by atoms with Crippen LogP contribution in [0.25, 0.3) is 0 Å². The van der Waals surface area contributed by atoms with Crippen molar-refractivity contribution in [1.82, 2.24) is 0 Å². The highest BCUT2D eigenvalue weighted by atomic mass is 19.1. The van der Waals surface area contributed by atoms with Crippen molar-refractivity contribution < 1.29 is 14.0 Å². The molecule has 2 amide bonds. The molecule has 0 aromatic heterocycles. The van der Waals surface area contributed by atoms with Gasteiger partial charge in [0.05, 0.1) is 6.42 Å². The van der Waals surface area contributed by atoms with Gasteiger partial charge in [-0.25, -0.2) is 4.39 Å². The van der Waals surface area contributed by atoms with Gasteiger partial charge < -0.3 is 10.2 Å². The Hall–Kier alpha value is -2.69. The molecule has 2 aromatic carbocycles. The molecule has 0 aliphatic carbocycles. The monoisotopic (exact) mass is 326 g/mol. The van der Waals surface area contributed by atoms with E-state index in [1.165, 1.54) is 12.1 Å². The number of hydrogen-bond acceptors (Lipinski definition) is 2. The van der Waals surface area contributed by atoms with E-state index in [2.05, 4.69) is 5.32 Å². The molecule has 1 aliphatic heterocycles. The molecule has 0 atom stereocenters. The van der Waals surface area contributed by atoms with Gasteiger partial charge in [-0.2, -0.15) is 0 Å². The van der Waals surface area contributed by atoms with Crippen molar-refractivity contribution in [1.29, 1.82) is 0 Å². The summed E-state index contributed by atoms with van der Waals surface area (Å²) in [4.78, 5) is 25.7. The van der Waals surface area contributed by atoms with E-state index in [0.717, 1.165) is 30.6 Å². The van der Waals surface area contributed by atoms with Crippen molar-refractivity contribution in [2.24, 2.45) is 0 Å². The van der Waals surface area contributed by atoms with E-state index in [1.807, 2.05) is 12.1 Å². The van der Waals surface area contributed by atoms with Crippen molar-refractivity contribution >= 4 is 23.2 Å². The topological polar surface area (TPSA) is 49.4 Å². The fourth-order valence-electron chi connectivity index (χ4n) is 2.80. The standard InChI is InChI=1S/C19H19FN2O2/c20-15-6-4-14(5-7-15)13-18(23)21-16-8-10-17(11-9-16)22-12-2-1-3-19(22)24/h4-11H,1-3,12-13H2,(H,21,23). The first kappa shape index (κ1) is 16.2. The summed E-state index contributed by atoms with van der Waals surface area (Å²) in [5.41, 5.74) is 2.29. The summed E-state index contributed by atoms with van der Waals surface area (Å²) in [6, 6.07) is 13.1. The highest BCUT2D eigenvalue weighted by Crippen LogP contribution is 2.22. The Kier molecular flexibility index (Phi) is 4.89. The second kappa shape index (κ2) is 7.25. The minimum absolute atomic E-state index is 0.148. The van der Waals surface area contributed by atoms with Crippen LogP contribution < -0.4 is 10.2 Å². The average Bonchev–Trinajstić information content (AvgIpc) is 2.58. The fourth-order valence-corrected chi connectivity index (χ4v) is 2.80. The number of nitrogens with zero attached hydrogens (tertiary/aromatic N) is 1. The van der Waals surface area contributed by atoms with Crippen LogP contribution in [-0.4, -0.2) is 18.4 Å². The maximum Gasteiger partial charge on any atom is 0.228 e. The molecule has 0 radical (unpaired) electrons. The summed E-state index contributed by atoms with van der Waals surface area (Å²) in [5.74, 6) is -0.334. The second-order valence-electron chi connectivity index (χ2n) is 5.90. The van der Waals surface area contributed by atoms with Gasteiger partial charge in [0.15, 0.2) is 0 Å².